The van der Waals surface area contributed by atoms with E-state index in [4.69, 9.17) is 34.8 Å². The third kappa shape index (κ3) is 2.03. The fraction of sp³-hybridized carbons (Fsp3) is 0.0833. The molecule has 1 heterocycles. The molecule has 0 aliphatic rings. The number of hydrogen-bond acceptors (Lipinski definition) is 1. The van der Waals surface area contributed by atoms with Crippen molar-refractivity contribution in [1.82, 2.24) is 4.98 Å². The number of benzene rings is 1. The number of nitrogens with zero attached hydrogens (tertiary/aromatic N) is 1. The van der Waals surface area contributed by atoms with Crippen LogP contribution in [0.2, 0.25) is 15.1 Å². The molecule has 1 aromatic carbocycles. The number of halogens is 3. The molecular formula is C12H8Cl3N. The van der Waals surface area contributed by atoms with Crippen LogP contribution in [0.3, 0.4) is 0 Å². The summed E-state index contributed by atoms with van der Waals surface area (Å²) < 4.78 is 0. The second-order valence-electron chi connectivity index (χ2n) is 3.41. The third-order valence-corrected chi connectivity index (χ3v) is 3.39. The highest BCUT2D eigenvalue weighted by Gasteiger charge is 2.12. The first kappa shape index (κ1) is 11.7. The Labute approximate surface area is 109 Å². The molecule has 0 aliphatic carbocycles. The number of pyridine rings is 1. The molecule has 16 heavy (non-hydrogen) atoms. The van der Waals surface area contributed by atoms with Crippen LogP contribution in [-0.4, -0.2) is 4.98 Å². The average molecular weight is 273 g/mol. The molecule has 0 amide bonds. The van der Waals surface area contributed by atoms with Gasteiger partial charge in [-0.05, 0) is 12.5 Å². The molecule has 2 rings (SSSR count). The molecule has 0 radical (unpaired) electrons. The Morgan fingerprint density at radius 3 is 2.25 bits per heavy atom. The molecule has 0 N–H and O–H groups in total. The van der Waals surface area contributed by atoms with Crippen molar-refractivity contribution in [3.05, 3.63) is 51.2 Å². The molecule has 0 saturated heterocycles. The lowest BCUT2D eigenvalue weighted by Crippen LogP contribution is -1.86. The summed E-state index contributed by atoms with van der Waals surface area (Å²) in [5, 5.41) is 1.66. The smallest absolute Gasteiger partial charge is 0.0683 e. The van der Waals surface area contributed by atoms with Crippen LogP contribution in [0.5, 0.6) is 0 Å². The molecule has 1 nitrogen and oxygen atoms in total. The Morgan fingerprint density at radius 2 is 1.62 bits per heavy atom. The summed E-state index contributed by atoms with van der Waals surface area (Å²) in [6, 6.07) is 5.75. The summed E-state index contributed by atoms with van der Waals surface area (Å²) in [6.45, 7) is 1.94. The van der Waals surface area contributed by atoms with Crippen LogP contribution in [-0.2, 0) is 0 Å². The molecular weight excluding hydrogens is 264 g/mol. The number of rotatable bonds is 1. The van der Waals surface area contributed by atoms with Gasteiger partial charge in [0.15, 0.2) is 0 Å². The van der Waals surface area contributed by atoms with E-state index >= 15 is 0 Å². The van der Waals surface area contributed by atoms with Crippen LogP contribution in [0.25, 0.3) is 11.1 Å². The largest absolute Gasteiger partial charge is 0.262 e. The molecule has 0 atom stereocenters. The summed E-state index contributed by atoms with van der Waals surface area (Å²) in [6.07, 6.45) is 3.11. The van der Waals surface area contributed by atoms with Gasteiger partial charge in [0.25, 0.3) is 0 Å². The second-order valence-corrected chi connectivity index (χ2v) is 4.61. The van der Waals surface area contributed by atoms with Gasteiger partial charge in [0.2, 0.25) is 0 Å². The Bertz CT molecular complexity index is 518. The van der Waals surface area contributed by atoms with Gasteiger partial charge in [-0.25, -0.2) is 0 Å². The molecule has 0 spiro atoms. The summed E-state index contributed by atoms with van der Waals surface area (Å²) >= 11 is 18.4. The Balaban J connectivity index is 2.73. The highest BCUT2D eigenvalue weighted by molar-refractivity contribution is 6.41. The maximum absolute atomic E-state index is 6.23. The van der Waals surface area contributed by atoms with Crippen molar-refractivity contribution >= 4 is 34.8 Å². The van der Waals surface area contributed by atoms with E-state index in [0.717, 1.165) is 16.7 Å². The molecule has 82 valence electrons. The van der Waals surface area contributed by atoms with Crippen molar-refractivity contribution in [2.75, 3.05) is 0 Å². The van der Waals surface area contributed by atoms with Gasteiger partial charge in [-0.15, -0.1) is 0 Å². The minimum atomic E-state index is 0.500. The van der Waals surface area contributed by atoms with Crippen LogP contribution in [0.1, 0.15) is 5.56 Å². The van der Waals surface area contributed by atoms with E-state index in [0.29, 0.717) is 15.1 Å². The van der Waals surface area contributed by atoms with Crippen molar-refractivity contribution in [1.29, 1.82) is 0 Å². The lowest BCUT2D eigenvalue weighted by molar-refractivity contribution is 1.33. The predicted octanol–water partition coefficient (Wildman–Crippen LogP) is 5.02. The van der Waals surface area contributed by atoms with Gasteiger partial charge in [0.05, 0.1) is 15.1 Å². The molecule has 0 saturated carbocycles. The van der Waals surface area contributed by atoms with Crippen molar-refractivity contribution in [2.24, 2.45) is 0 Å². The topological polar surface area (TPSA) is 12.9 Å². The van der Waals surface area contributed by atoms with Gasteiger partial charge in [-0.1, -0.05) is 53.0 Å². The van der Waals surface area contributed by atoms with Gasteiger partial charge in [-0.3, -0.25) is 4.98 Å². The van der Waals surface area contributed by atoms with Crippen LogP contribution < -0.4 is 0 Å². The van der Waals surface area contributed by atoms with E-state index in [2.05, 4.69) is 4.98 Å². The Hall–Kier alpha value is -0.760. The summed E-state index contributed by atoms with van der Waals surface area (Å²) in [7, 11) is 0. The highest BCUT2D eigenvalue weighted by atomic mass is 35.5. The van der Waals surface area contributed by atoms with Crippen molar-refractivity contribution in [3.63, 3.8) is 0 Å². The van der Waals surface area contributed by atoms with Crippen LogP contribution in [0.4, 0.5) is 0 Å². The summed E-state index contributed by atoms with van der Waals surface area (Å²) in [4.78, 5) is 3.92. The first-order valence-electron chi connectivity index (χ1n) is 4.65. The van der Waals surface area contributed by atoms with E-state index in [-0.39, 0.29) is 0 Å². The van der Waals surface area contributed by atoms with Crippen molar-refractivity contribution in [2.45, 2.75) is 6.92 Å². The minimum absolute atomic E-state index is 0.500. The predicted molar refractivity (Wildman–Crippen MR) is 69.4 cm³/mol. The number of aromatic nitrogens is 1. The maximum atomic E-state index is 6.23. The fourth-order valence-electron chi connectivity index (χ4n) is 1.51. The normalized spacial score (nSPS) is 10.5. The van der Waals surface area contributed by atoms with Gasteiger partial charge in [0, 0.05) is 23.5 Å². The summed E-state index contributed by atoms with van der Waals surface area (Å²) in [5.41, 5.74) is 2.55. The van der Waals surface area contributed by atoms with Gasteiger partial charge >= 0.3 is 0 Å². The lowest BCUT2D eigenvalue weighted by Gasteiger charge is -2.10. The minimum Gasteiger partial charge on any atom is -0.262 e. The fourth-order valence-corrected chi connectivity index (χ4v) is 2.30. The first-order valence-corrected chi connectivity index (χ1v) is 5.79. The van der Waals surface area contributed by atoms with E-state index in [1.54, 1.807) is 12.4 Å². The lowest BCUT2D eigenvalue weighted by atomic mass is 10.0. The quantitative estimate of drug-likeness (QED) is 0.710. The molecule has 0 aliphatic heterocycles. The maximum Gasteiger partial charge on any atom is 0.0683 e. The standard InChI is InChI=1S/C12H8Cl3N/c1-7-3-2-4-8(12(7)15)11-9(13)5-16-6-10(11)14/h2-6H,1H3. The summed E-state index contributed by atoms with van der Waals surface area (Å²) in [5.74, 6) is 0. The van der Waals surface area contributed by atoms with Crippen LogP contribution >= 0.6 is 34.8 Å². The first-order chi connectivity index (χ1) is 7.61. The molecule has 4 heteroatoms. The Morgan fingerprint density at radius 1 is 1.00 bits per heavy atom. The number of aryl methyl sites for hydroxylation is 1. The van der Waals surface area contributed by atoms with Crippen LogP contribution in [0.15, 0.2) is 30.6 Å². The second kappa shape index (κ2) is 4.62. The zero-order valence-corrected chi connectivity index (χ0v) is 10.7. The van der Waals surface area contributed by atoms with E-state index in [1.165, 1.54) is 0 Å². The van der Waals surface area contributed by atoms with E-state index < -0.39 is 0 Å². The zero-order chi connectivity index (χ0) is 11.7. The van der Waals surface area contributed by atoms with Crippen molar-refractivity contribution < 1.29 is 0 Å². The average Bonchev–Trinajstić information content (AvgIpc) is 2.24. The highest BCUT2D eigenvalue weighted by Crippen LogP contribution is 2.38. The molecule has 1 aromatic heterocycles. The van der Waals surface area contributed by atoms with E-state index in [9.17, 15) is 0 Å². The van der Waals surface area contributed by atoms with Gasteiger partial charge in [-0.2, -0.15) is 0 Å². The Kier molecular flexibility index (Phi) is 3.38. The van der Waals surface area contributed by atoms with Gasteiger partial charge < -0.3 is 0 Å². The SMILES string of the molecule is Cc1cccc(-c2c(Cl)cncc2Cl)c1Cl. The zero-order valence-electron chi connectivity index (χ0n) is 8.47. The van der Waals surface area contributed by atoms with Crippen LogP contribution in [0, 0.1) is 6.92 Å². The molecule has 0 fully saturated rings. The molecule has 0 bridgehead atoms. The van der Waals surface area contributed by atoms with Crippen molar-refractivity contribution in [3.8, 4) is 11.1 Å². The monoisotopic (exact) mass is 271 g/mol. The third-order valence-electron chi connectivity index (χ3n) is 2.31. The van der Waals surface area contributed by atoms with E-state index in [1.807, 2.05) is 25.1 Å². The molecule has 0 unspecified atom stereocenters. The van der Waals surface area contributed by atoms with Gasteiger partial charge in [0.1, 0.15) is 0 Å². The molecule has 2 aromatic rings. The number of hydrogen-bond donors (Lipinski definition) is 0.